The Kier molecular flexibility index (Phi) is 2.84. The number of likely N-dealkylation sites (N-methyl/N-ethyl adjacent to an activating group) is 1. The Balaban J connectivity index is 2.25. The zero-order valence-electron chi connectivity index (χ0n) is 7.92. The summed E-state index contributed by atoms with van der Waals surface area (Å²) in [5.74, 6) is 0.680. The molecule has 2 rings (SSSR count). The fraction of sp³-hybridized carbons (Fsp3) is 0.400. The molecule has 2 heterocycles. The second-order valence-electron chi connectivity index (χ2n) is 3.10. The second kappa shape index (κ2) is 4.11. The Labute approximate surface area is 86.4 Å². The Morgan fingerprint density at radius 1 is 1.64 bits per heavy atom. The van der Waals surface area contributed by atoms with Crippen LogP contribution in [0.5, 0.6) is 0 Å². The molecule has 14 heavy (non-hydrogen) atoms. The third kappa shape index (κ3) is 1.67. The molecule has 1 aromatic rings. The van der Waals surface area contributed by atoms with Crippen LogP contribution >= 0.6 is 11.3 Å². The molecule has 1 aliphatic rings. The molecular weight excluding hydrogens is 201 g/mol. The van der Waals surface area contributed by atoms with E-state index in [0.717, 1.165) is 12.2 Å². The highest BCUT2D eigenvalue weighted by atomic mass is 32.1. The molecule has 1 N–H and O–H groups in total. The van der Waals surface area contributed by atoms with Gasteiger partial charge in [0.1, 0.15) is 17.6 Å². The van der Waals surface area contributed by atoms with Gasteiger partial charge in [0.2, 0.25) is 0 Å². The quantitative estimate of drug-likeness (QED) is 0.832. The van der Waals surface area contributed by atoms with Crippen molar-refractivity contribution in [1.29, 1.82) is 0 Å². The Hall–Kier alpha value is -0.870. The average molecular weight is 213 g/mol. The highest BCUT2D eigenvalue weighted by Gasteiger charge is 2.22. The van der Waals surface area contributed by atoms with Crippen molar-refractivity contribution in [2.45, 2.75) is 12.5 Å². The van der Waals surface area contributed by atoms with Gasteiger partial charge in [0.25, 0.3) is 0 Å². The normalized spacial score (nSPS) is 17.7. The summed E-state index contributed by atoms with van der Waals surface area (Å²) in [5.41, 5.74) is 0. The van der Waals surface area contributed by atoms with Crippen LogP contribution in [0.2, 0.25) is 0 Å². The van der Waals surface area contributed by atoms with Crippen molar-refractivity contribution in [3.63, 3.8) is 0 Å². The van der Waals surface area contributed by atoms with E-state index in [-0.39, 0.29) is 11.9 Å². The van der Waals surface area contributed by atoms with Crippen LogP contribution in [0.25, 0.3) is 0 Å². The zero-order chi connectivity index (χ0) is 9.97. The SMILES string of the molecule is CNC(C1=CCCO1)c1sccc1F. The summed E-state index contributed by atoms with van der Waals surface area (Å²) in [7, 11) is 1.81. The summed E-state index contributed by atoms with van der Waals surface area (Å²) in [6.07, 6.45) is 2.93. The molecule has 4 heteroatoms. The molecule has 0 fully saturated rings. The molecule has 1 atom stereocenters. The van der Waals surface area contributed by atoms with Crippen LogP contribution < -0.4 is 5.32 Å². The molecule has 0 aliphatic carbocycles. The summed E-state index contributed by atoms with van der Waals surface area (Å²) < 4.78 is 18.8. The monoisotopic (exact) mass is 213 g/mol. The molecule has 0 saturated carbocycles. The highest BCUT2D eigenvalue weighted by Crippen LogP contribution is 2.31. The van der Waals surface area contributed by atoms with Gasteiger partial charge in [-0.15, -0.1) is 11.3 Å². The maximum atomic E-state index is 13.3. The number of hydrogen-bond acceptors (Lipinski definition) is 3. The van der Waals surface area contributed by atoms with Crippen molar-refractivity contribution in [2.24, 2.45) is 0 Å². The first-order chi connectivity index (χ1) is 6.83. The van der Waals surface area contributed by atoms with Gasteiger partial charge in [0.05, 0.1) is 11.5 Å². The van der Waals surface area contributed by atoms with Gasteiger partial charge in [-0.2, -0.15) is 0 Å². The van der Waals surface area contributed by atoms with Crippen LogP contribution in [0.15, 0.2) is 23.3 Å². The third-order valence-electron chi connectivity index (χ3n) is 2.21. The van der Waals surface area contributed by atoms with Gasteiger partial charge in [0, 0.05) is 6.42 Å². The fourth-order valence-corrected chi connectivity index (χ4v) is 2.44. The van der Waals surface area contributed by atoms with Gasteiger partial charge in [-0.25, -0.2) is 4.39 Å². The Bertz CT molecular complexity index is 348. The van der Waals surface area contributed by atoms with Gasteiger partial charge < -0.3 is 10.1 Å². The summed E-state index contributed by atoms with van der Waals surface area (Å²) in [5, 5.41) is 4.82. The molecule has 0 saturated heterocycles. The smallest absolute Gasteiger partial charge is 0.139 e. The van der Waals surface area contributed by atoms with E-state index >= 15 is 0 Å². The largest absolute Gasteiger partial charge is 0.496 e. The van der Waals surface area contributed by atoms with Gasteiger partial charge >= 0.3 is 0 Å². The van der Waals surface area contributed by atoms with Gasteiger partial charge in [-0.05, 0) is 24.6 Å². The Morgan fingerprint density at radius 3 is 3.00 bits per heavy atom. The van der Waals surface area contributed by atoms with Crippen molar-refractivity contribution >= 4 is 11.3 Å². The molecule has 1 aliphatic heterocycles. The number of hydrogen-bond donors (Lipinski definition) is 1. The molecule has 2 nitrogen and oxygen atoms in total. The third-order valence-corrected chi connectivity index (χ3v) is 3.17. The first-order valence-electron chi connectivity index (χ1n) is 4.56. The van der Waals surface area contributed by atoms with Crippen molar-refractivity contribution in [3.05, 3.63) is 34.0 Å². The number of halogens is 1. The van der Waals surface area contributed by atoms with Crippen LogP contribution in [0.1, 0.15) is 17.3 Å². The minimum Gasteiger partial charge on any atom is -0.496 e. The van der Waals surface area contributed by atoms with Gasteiger partial charge in [-0.3, -0.25) is 0 Å². The molecule has 0 amide bonds. The fourth-order valence-electron chi connectivity index (χ4n) is 1.55. The van der Waals surface area contributed by atoms with Crippen molar-refractivity contribution in [1.82, 2.24) is 5.32 Å². The molecular formula is C10H12FNOS. The molecule has 0 bridgehead atoms. The van der Waals surface area contributed by atoms with E-state index in [0.29, 0.717) is 11.5 Å². The first kappa shape index (κ1) is 9.68. The standard InChI is InChI=1S/C10H12FNOS/c1-12-9(8-3-2-5-13-8)10-7(11)4-6-14-10/h3-4,6,9,12H,2,5H2,1H3. The van der Waals surface area contributed by atoms with E-state index in [1.807, 2.05) is 13.1 Å². The van der Waals surface area contributed by atoms with Gasteiger partial charge in [-0.1, -0.05) is 0 Å². The second-order valence-corrected chi connectivity index (χ2v) is 4.05. The van der Waals surface area contributed by atoms with Crippen LogP contribution in [-0.4, -0.2) is 13.7 Å². The summed E-state index contributed by atoms with van der Waals surface area (Å²) in [6.45, 7) is 0.709. The predicted octanol–water partition coefficient (Wildman–Crippen LogP) is 2.45. The molecule has 76 valence electrons. The van der Waals surface area contributed by atoms with E-state index in [4.69, 9.17) is 4.74 Å². The van der Waals surface area contributed by atoms with Crippen LogP contribution in [0, 0.1) is 5.82 Å². The summed E-state index contributed by atoms with van der Waals surface area (Å²) >= 11 is 1.41. The number of nitrogens with one attached hydrogen (secondary N) is 1. The van der Waals surface area contributed by atoms with E-state index in [1.54, 1.807) is 5.38 Å². The average Bonchev–Trinajstić information content (AvgIpc) is 2.80. The van der Waals surface area contributed by atoms with Crippen LogP contribution in [0.3, 0.4) is 0 Å². The van der Waals surface area contributed by atoms with Crippen molar-refractivity contribution < 1.29 is 9.13 Å². The molecule has 0 spiro atoms. The molecule has 0 aromatic carbocycles. The zero-order valence-corrected chi connectivity index (χ0v) is 8.73. The van der Waals surface area contributed by atoms with E-state index < -0.39 is 0 Å². The van der Waals surface area contributed by atoms with Crippen LogP contribution in [-0.2, 0) is 4.74 Å². The molecule has 0 radical (unpaired) electrons. The summed E-state index contributed by atoms with van der Waals surface area (Å²) in [6, 6.07) is 1.36. The number of rotatable bonds is 3. The first-order valence-corrected chi connectivity index (χ1v) is 5.44. The predicted molar refractivity (Wildman–Crippen MR) is 54.7 cm³/mol. The lowest BCUT2D eigenvalue weighted by atomic mass is 10.2. The highest BCUT2D eigenvalue weighted by molar-refractivity contribution is 7.10. The summed E-state index contributed by atoms with van der Waals surface area (Å²) in [4.78, 5) is 0.695. The van der Waals surface area contributed by atoms with E-state index in [9.17, 15) is 4.39 Å². The lowest BCUT2D eigenvalue weighted by Crippen LogP contribution is -2.18. The van der Waals surface area contributed by atoms with E-state index in [2.05, 4.69) is 5.32 Å². The maximum absolute atomic E-state index is 13.3. The minimum atomic E-state index is -0.161. The minimum absolute atomic E-state index is 0.127. The maximum Gasteiger partial charge on any atom is 0.139 e. The topological polar surface area (TPSA) is 21.3 Å². The van der Waals surface area contributed by atoms with Crippen LogP contribution in [0.4, 0.5) is 4.39 Å². The Morgan fingerprint density at radius 2 is 2.50 bits per heavy atom. The van der Waals surface area contributed by atoms with Crippen molar-refractivity contribution in [2.75, 3.05) is 13.7 Å². The van der Waals surface area contributed by atoms with Crippen molar-refractivity contribution in [3.8, 4) is 0 Å². The molecule has 1 unspecified atom stereocenters. The lowest BCUT2D eigenvalue weighted by molar-refractivity contribution is 0.218. The lowest BCUT2D eigenvalue weighted by Gasteiger charge is -2.15. The van der Waals surface area contributed by atoms with E-state index in [1.165, 1.54) is 17.4 Å². The molecule has 1 aromatic heterocycles. The number of ether oxygens (including phenoxy) is 1. The number of thiophene rings is 1. The van der Waals surface area contributed by atoms with Gasteiger partial charge in [0.15, 0.2) is 0 Å².